The van der Waals surface area contributed by atoms with Crippen molar-refractivity contribution < 1.29 is 0 Å². The molecule has 0 aromatic carbocycles. The van der Waals surface area contributed by atoms with Gasteiger partial charge in [-0.15, -0.1) is 11.6 Å². The van der Waals surface area contributed by atoms with E-state index in [1.54, 1.807) is 0 Å². The van der Waals surface area contributed by atoms with Crippen LogP contribution in [0.25, 0.3) is 0 Å². The van der Waals surface area contributed by atoms with E-state index in [0.717, 1.165) is 30.3 Å². The van der Waals surface area contributed by atoms with Crippen molar-refractivity contribution in [1.29, 1.82) is 0 Å². The molecule has 15 heavy (non-hydrogen) atoms. The molecule has 82 valence electrons. The summed E-state index contributed by atoms with van der Waals surface area (Å²) >= 11 is 5.93. The molecule has 2 rings (SSSR count). The highest BCUT2D eigenvalue weighted by Crippen LogP contribution is 2.27. The molecule has 2 nitrogen and oxygen atoms in total. The molecule has 1 aromatic heterocycles. The first-order valence-electron chi connectivity index (χ1n) is 5.47. The second-order valence-corrected chi connectivity index (χ2v) is 4.70. The topological polar surface area (TPSA) is 16.1 Å². The third-order valence-corrected chi connectivity index (χ3v) is 3.30. The van der Waals surface area contributed by atoms with Crippen LogP contribution in [-0.4, -0.2) is 18.1 Å². The van der Waals surface area contributed by atoms with Crippen molar-refractivity contribution in [2.24, 2.45) is 5.92 Å². The number of aryl methyl sites for hydroxylation is 1. The molecule has 1 aromatic rings. The highest BCUT2D eigenvalue weighted by molar-refractivity contribution is 6.17. The molecule has 2 heterocycles. The molecule has 0 spiro atoms. The van der Waals surface area contributed by atoms with Gasteiger partial charge in [-0.3, -0.25) is 4.98 Å². The Bertz CT molecular complexity index is 351. The lowest BCUT2D eigenvalue weighted by molar-refractivity contribution is 0.659. The fraction of sp³-hybridized carbons (Fsp3) is 0.583. The Hall–Kier alpha value is -0.760. The number of halogens is 1. The average Bonchev–Trinajstić information content (AvgIpc) is 2.65. The van der Waals surface area contributed by atoms with E-state index in [-0.39, 0.29) is 0 Å². The number of aromatic nitrogens is 1. The largest absolute Gasteiger partial charge is 0.371 e. The lowest BCUT2D eigenvalue weighted by atomic mass is 10.2. The molecule has 0 aliphatic carbocycles. The monoisotopic (exact) mass is 224 g/mol. The predicted molar refractivity (Wildman–Crippen MR) is 64.5 cm³/mol. The third kappa shape index (κ3) is 2.25. The van der Waals surface area contributed by atoms with Crippen molar-refractivity contribution in [2.75, 3.05) is 18.0 Å². The minimum atomic E-state index is 0.549. The van der Waals surface area contributed by atoms with Crippen LogP contribution in [0.2, 0.25) is 0 Å². The Morgan fingerprint density at radius 1 is 1.60 bits per heavy atom. The Labute approximate surface area is 96.3 Å². The van der Waals surface area contributed by atoms with E-state index in [1.807, 2.05) is 13.1 Å². The molecule has 0 radical (unpaired) electrons. The zero-order chi connectivity index (χ0) is 10.8. The van der Waals surface area contributed by atoms with E-state index < -0.39 is 0 Å². The van der Waals surface area contributed by atoms with Gasteiger partial charge in [0.25, 0.3) is 0 Å². The summed E-state index contributed by atoms with van der Waals surface area (Å²) in [7, 11) is 0. The number of rotatable bonds is 2. The predicted octanol–water partition coefficient (Wildman–Crippen LogP) is 2.98. The Kier molecular flexibility index (Phi) is 3.15. The molecule has 1 aliphatic heterocycles. The number of hydrogen-bond donors (Lipinski definition) is 0. The normalized spacial score (nSPS) is 21.0. The van der Waals surface area contributed by atoms with Gasteiger partial charge in [0.15, 0.2) is 0 Å². The van der Waals surface area contributed by atoms with Crippen LogP contribution in [0.3, 0.4) is 0 Å². The molecule has 0 amide bonds. The van der Waals surface area contributed by atoms with Gasteiger partial charge in [-0.1, -0.05) is 6.92 Å². The fourth-order valence-electron chi connectivity index (χ4n) is 2.12. The zero-order valence-electron chi connectivity index (χ0n) is 9.33. The highest BCUT2D eigenvalue weighted by Gasteiger charge is 2.20. The molecule has 1 atom stereocenters. The number of nitrogens with zero attached hydrogens (tertiary/aromatic N) is 2. The summed E-state index contributed by atoms with van der Waals surface area (Å²) in [5.41, 5.74) is 3.50. The molecular formula is C12H17ClN2. The van der Waals surface area contributed by atoms with E-state index in [1.165, 1.54) is 12.1 Å². The summed E-state index contributed by atoms with van der Waals surface area (Å²) in [6, 6.07) is 2.15. The van der Waals surface area contributed by atoms with Crippen LogP contribution in [0, 0.1) is 12.8 Å². The average molecular weight is 225 g/mol. The summed E-state index contributed by atoms with van der Waals surface area (Å²) in [6.45, 7) is 6.62. The lowest BCUT2D eigenvalue weighted by Gasteiger charge is -2.21. The third-order valence-electron chi connectivity index (χ3n) is 3.01. The van der Waals surface area contributed by atoms with Crippen molar-refractivity contribution in [1.82, 2.24) is 4.98 Å². The first-order valence-corrected chi connectivity index (χ1v) is 6.00. The summed E-state index contributed by atoms with van der Waals surface area (Å²) in [6.07, 6.45) is 3.18. The maximum Gasteiger partial charge on any atom is 0.0509 e. The van der Waals surface area contributed by atoms with Gasteiger partial charge < -0.3 is 4.90 Å². The molecule has 0 bridgehead atoms. The van der Waals surface area contributed by atoms with Gasteiger partial charge in [0.05, 0.1) is 5.88 Å². The minimum Gasteiger partial charge on any atom is -0.371 e. The molecule has 1 aliphatic rings. The SMILES string of the molecule is Cc1cc(N2CCC(C)C2)c(CCl)cn1. The van der Waals surface area contributed by atoms with Crippen LogP contribution in [0.15, 0.2) is 12.3 Å². The van der Waals surface area contributed by atoms with Crippen LogP contribution in [0.5, 0.6) is 0 Å². The van der Waals surface area contributed by atoms with Gasteiger partial charge in [0, 0.05) is 36.2 Å². The fourth-order valence-corrected chi connectivity index (χ4v) is 2.33. The molecule has 0 saturated carbocycles. The Morgan fingerprint density at radius 2 is 2.40 bits per heavy atom. The second-order valence-electron chi connectivity index (χ2n) is 4.43. The summed E-state index contributed by atoms with van der Waals surface area (Å²) in [5.74, 6) is 1.34. The van der Waals surface area contributed by atoms with Crippen LogP contribution in [-0.2, 0) is 5.88 Å². The van der Waals surface area contributed by atoms with Crippen molar-refractivity contribution in [3.63, 3.8) is 0 Å². The van der Waals surface area contributed by atoms with Gasteiger partial charge >= 0.3 is 0 Å². The van der Waals surface area contributed by atoms with Crippen LogP contribution < -0.4 is 4.90 Å². The highest BCUT2D eigenvalue weighted by atomic mass is 35.5. The Morgan fingerprint density at radius 3 is 3.00 bits per heavy atom. The number of hydrogen-bond acceptors (Lipinski definition) is 2. The lowest BCUT2D eigenvalue weighted by Crippen LogP contribution is -2.20. The maximum atomic E-state index is 5.93. The molecular weight excluding hydrogens is 208 g/mol. The summed E-state index contributed by atoms with van der Waals surface area (Å²) in [5, 5.41) is 0. The zero-order valence-corrected chi connectivity index (χ0v) is 10.1. The maximum absolute atomic E-state index is 5.93. The molecule has 0 N–H and O–H groups in total. The Balaban J connectivity index is 2.29. The first kappa shape index (κ1) is 10.7. The molecule has 3 heteroatoms. The molecule has 1 unspecified atom stereocenters. The van der Waals surface area contributed by atoms with E-state index >= 15 is 0 Å². The number of alkyl halides is 1. The van der Waals surface area contributed by atoms with E-state index in [2.05, 4.69) is 22.9 Å². The van der Waals surface area contributed by atoms with Crippen LogP contribution in [0.1, 0.15) is 24.6 Å². The van der Waals surface area contributed by atoms with E-state index in [0.29, 0.717) is 5.88 Å². The minimum absolute atomic E-state index is 0.549. The standard InChI is InChI=1S/C12H17ClN2/c1-9-3-4-15(8-9)12-5-10(2)14-7-11(12)6-13/h5,7,9H,3-4,6,8H2,1-2H3. The van der Waals surface area contributed by atoms with Gasteiger partial charge in [-0.2, -0.15) is 0 Å². The number of pyridine rings is 1. The van der Waals surface area contributed by atoms with Crippen LogP contribution >= 0.6 is 11.6 Å². The second kappa shape index (κ2) is 4.40. The summed E-state index contributed by atoms with van der Waals surface area (Å²) < 4.78 is 0. The number of anilines is 1. The smallest absolute Gasteiger partial charge is 0.0509 e. The van der Waals surface area contributed by atoms with E-state index in [9.17, 15) is 0 Å². The van der Waals surface area contributed by atoms with Gasteiger partial charge in [0.2, 0.25) is 0 Å². The quantitative estimate of drug-likeness (QED) is 0.718. The van der Waals surface area contributed by atoms with Crippen LogP contribution in [0.4, 0.5) is 5.69 Å². The van der Waals surface area contributed by atoms with E-state index in [4.69, 9.17) is 11.6 Å². The van der Waals surface area contributed by atoms with Gasteiger partial charge in [-0.25, -0.2) is 0 Å². The van der Waals surface area contributed by atoms with Crippen molar-refractivity contribution >= 4 is 17.3 Å². The first-order chi connectivity index (χ1) is 7.20. The van der Waals surface area contributed by atoms with Crippen molar-refractivity contribution in [2.45, 2.75) is 26.1 Å². The van der Waals surface area contributed by atoms with Crippen molar-refractivity contribution in [3.8, 4) is 0 Å². The van der Waals surface area contributed by atoms with Gasteiger partial charge in [-0.05, 0) is 25.3 Å². The van der Waals surface area contributed by atoms with Crippen molar-refractivity contribution in [3.05, 3.63) is 23.5 Å². The summed E-state index contributed by atoms with van der Waals surface area (Å²) in [4.78, 5) is 6.72. The molecule has 1 fully saturated rings. The molecule has 1 saturated heterocycles. The van der Waals surface area contributed by atoms with Gasteiger partial charge in [0.1, 0.15) is 0 Å².